The number of carbonyl (C=O) groups excluding carboxylic acids is 1. The fourth-order valence-electron chi connectivity index (χ4n) is 1.35. The molecule has 0 saturated heterocycles. The van der Waals surface area contributed by atoms with Gasteiger partial charge in [0, 0.05) is 5.54 Å². The lowest BCUT2D eigenvalue weighted by molar-refractivity contribution is 0.190. The van der Waals surface area contributed by atoms with Gasteiger partial charge in [-0.2, -0.15) is 5.10 Å². The second kappa shape index (κ2) is 3.81. The largest absolute Gasteiger partial charge is 0.413 e. The smallest absolute Gasteiger partial charge is 0.407 e. The molecule has 1 aliphatic carbocycles. The van der Waals surface area contributed by atoms with Crippen LogP contribution in [0.3, 0.4) is 0 Å². The van der Waals surface area contributed by atoms with E-state index in [4.69, 9.17) is 4.74 Å². The molecule has 1 amide bonds. The van der Waals surface area contributed by atoms with E-state index in [9.17, 15) is 4.79 Å². The minimum Gasteiger partial charge on any atom is -0.407 e. The monoisotopic (exact) mass is 223 g/mol. The first-order chi connectivity index (χ1) is 7.44. The quantitative estimate of drug-likeness (QED) is 0.835. The number of rotatable bonds is 2. The highest BCUT2D eigenvalue weighted by atomic mass is 16.6. The molecule has 1 aromatic rings. The van der Waals surface area contributed by atoms with Crippen molar-refractivity contribution < 1.29 is 9.53 Å². The third-order valence-corrected chi connectivity index (χ3v) is 2.19. The Hall–Kier alpha value is -1.52. The lowest BCUT2D eigenvalue weighted by Gasteiger charge is -2.19. The molecule has 0 bridgehead atoms. The predicted octanol–water partition coefficient (Wildman–Crippen LogP) is 2.10. The van der Waals surface area contributed by atoms with Crippen molar-refractivity contribution in [3.05, 3.63) is 12.4 Å². The number of amides is 1. The van der Waals surface area contributed by atoms with Gasteiger partial charge in [-0.25, -0.2) is 4.79 Å². The number of nitrogens with zero attached hydrogens (tertiary/aromatic N) is 2. The molecule has 0 aliphatic heterocycles. The minimum atomic E-state index is -0.442. The highest BCUT2D eigenvalue weighted by Crippen LogP contribution is 2.34. The number of aromatic nitrogens is 2. The highest BCUT2D eigenvalue weighted by Gasteiger charge is 2.25. The Morgan fingerprint density at radius 2 is 2.25 bits per heavy atom. The van der Waals surface area contributed by atoms with E-state index in [1.807, 2.05) is 25.5 Å². The van der Waals surface area contributed by atoms with E-state index < -0.39 is 6.09 Å². The van der Waals surface area contributed by atoms with E-state index in [0.29, 0.717) is 11.8 Å². The van der Waals surface area contributed by atoms with Crippen LogP contribution in [0.1, 0.15) is 39.7 Å². The van der Waals surface area contributed by atoms with E-state index in [-0.39, 0.29) is 5.54 Å². The zero-order valence-corrected chi connectivity index (χ0v) is 9.86. The molecule has 1 heterocycles. The second-order valence-corrected chi connectivity index (χ2v) is 5.15. The summed E-state index contributed by atoms with van der Waals surface area (Å²) >= 11 is 0. The van der Waals surface area contributed by atoms with Gasteiger partial charge in [0.25, 0.3) is 0 Å². The molecule has 0 aromatic carbocycles. The molecule has 0 unspecified atom stereocenters. The topological polar surface area (TPSA) is 56.1 Å². The third-order valence-electron chi connectivity index (χ3n) is 2.19. The van der Waals surface area contributed by atoms with Gasteiger partial charge in [-0.05, 0) is 33.6 Å². The van der Waals surface area contributed by atoms with Crippen molar-refractivity contribution in [2.75, 3.05) is 0 Å². The summed E-state index contributed by atoms with van der Waals surface area (Å²) in [4.78, 5) is 11.5. The summed E-state index contributed by atoms with van der Waals surface area (Å²) in [5.74, 6) is 0.494. The number of nitrogens with one attached hydrogen (secondary N) is 1. The molecule has 16 heavy (non-hydrogen) atoms. The first-order valence-corrected chi connectivity index (χ1v) is 5.48. The van der Waals surface area contributed by atoms with Crippen molar-refractivity contribution in [1.82, 2.24) is 15.1 Å². The van der Waals surface area contributed by atoms with Crippen molar-refractivity contribution in [2.24, 2.45) is 0 Å². The summed E-state index contributed by atoms with van der Waals surface area (Å²) in [7, 11) is 0. The number of hydrogen-bond acceptors (Lipinski definition) is 3. The Kier molecular flexibility index (Phi) is 2.61. The molecular formula is C11H17N3O2. The van der Waals surface area contributed by atoms with Crippen LogP contribution < -0.4 is 10.1 Å². The summed E-state index contributed by atoms with van der Waals surface area (Å²) in [5, 5.41) is 6.86. The van der Waals surface area contributed by atoms with Crippen LogP contribution in [0.2, 0.25) is 0 Å². The number of carbonyl (C=O) groups is 1. The zero-order chi connectivity index (χ0) is 11.8. The van der Waals surface area contributed by atoms with E-state index in [1.165, 1.54) is 0 Å². The van der Waals surface area contributed by atoms with E-state index in [2.05, 4.69) is 10.4 Å². The Morgan fingerprint density at radius 3 is 2.81 bits per heavy atom. The Labute approximate surface area is 94.8 Å². The van der Waals surface area contributed by atoms with Gasteiger partial charge in [0.15, 0.2) is 5.75 Å². The molecule has 88 valence electrons. The first-order valence-electron chi connectivity index (χ1n) is 5.48. The normalized spacial score (nSPS) is 15.9. The van der Waals surface area contributed by atoms with Gasteiger partial charge < -0.3 is 10.1 Å². The fourth-order valence-corrected chi connectivity index (χ4v) is 1.35. The lowest BCUT2D eigenvalue weighted by Crippen LogP contribution is -2.42. The highest BCUT2D eigenvalue weighted by molar-refractivity contribution is 5.70. The van der Waals surface area contributed by atoms with Crippen molar-refractivity contribution in [1.29, 1.82) is 0 Å². The summed E-state index contributed by atoms with van der Waals surface area (Å²) in [6.07, 6.45) is 5.22. The van der Waals surface area contributed by atoms with Crippen LogP contribution in [0.5, 0.6) is 5.75 Å². The molecule has 1 N–H and O–H groups in total. The number of hydrogen-bond donors (Lipinski definition) is 1. The van der Waals surface area contributed by atoms with Crippen LogP contribution in [0.4, 0.5) is 4.79 Å². The summed E-state index contributed by atoms with van der Waals surface area (Å²) < 4.78 is 6.96. The van der Waals surface area contributed by atoms with E-state index >= 15 is 0 Å². The summed E-state index contributed by atoms with van der Waals surface area (Å²) in [6.45, 7) is 5.71. The molecule has 1 aliphatic rings. The van der Waals surface area contributed by atoms with E-state index in [0.717, 1.165) is 12.8 Å². The van der Waals surface area contributed by atoms with E-state index in [1.54, 1.807) is 12.4 Å². The van der Waals surface area contributed by atoms with Gasteiger partial charge in [0.1, 0.15) is 0 Å². The Bertz CT molecular complexity index is 388. The third kappa shape index (κ3) is 2.98. The van der Waals surface area contributed by atoms with Crippen LogP contribution >= 0.6 is 0 Å². The van der Waals surface area contributed by atoms with Crippen molar-refractivity contribution >= 4 is 6.09 Å². The van der Waals surface area contributed by atoms with Gasteiger partial charge >= 0.3 is 6.09 Å². The van der Waals surface area contributed by atoms with Crippen molar-refractivity contribution in [3.8, 4) is 5.75 Å². The molecular weight excluding hydrogens is 206 g/mol. The molecule has 0 atom stereocenters. The van der Waals surface area contributed by atoms with Crippen molar-refractivity contribution in [3.63, 3.8) is 0 Å². The Balaban J connectivity index is 1.90. The molecule has 0 radical (unpaired) electrons. The molecule has 1 aromatic heterocycles. The molecule has 5 nitrogen and oxygen atoms in total. The summed E-state index contributed by atoms with van der Waals surface area (Å²) in [5.41, 5.74) is -0.288. The summed E-state index contributed by atoms with van der Waals surface area (Å²) in [6, 6.07) is 0.503. The molecule has 1 saturated carbocycles. The van der Waals surface area contributed by atoms with Crippen LogP contribution in [0, 0.1) is 0 Å². The first kappa shape index (κ1) is 11.0. The molecule has 1 fully saturated rings. The van der Waals surface area contributed by atoms with Gasteiger partial charge in [0.05, 0.1) is 18.4 Å². The second-order valence-electron chi connectivity index (χ2n) is 5.15. The lowest BCUT2D eigenvalue weighted by atomic mass is 10.1. The van der Waals surface area contributed by atoms with Gasteiger partial charge in [0.2, 0.25) is 0 Å². The maximum absolute atomic E-state index is 11.5. The SMILES string of the molecule is CC(C)(C)NC(=O)Oc1cnn(C2CC2)c1. The average Bonchev–Trinajstić information content (AvgIpc) is 2.85. The molecule has 0 spiro atoms. The maximum atomic E-state index is 11.5. The Morgan fingerprint density at radius 1 is 1.56 bits per heavy atom. The van der Waals surface area contributed by atoms with Crippen LogP contribution in [0.15, 0.2) is 12.4 Å². The predicted molar refractivity (Wildman–Crippen MR) is 59.4 cm³/mol. The van der Waals surface area contributed by atoms with Crippen LogP contribution in [-0.4, -0.2) is 21.4 Å². The van der Waals surface area contributed by atoms with Crippen LogP contribution in [0.25, 0.3) is 0 Å². The standard InChI is InChI=1S/C11H17N3O2/c1-11(2,3)13-10(15)16-9-6-12-14(7-9)8-4-5-8/h6-8H,4-5H2,1-3H3,(H,13,15). The zero-order valence-electron chi connectivity index (χ0n) is 9.86. The number of ether oxygens (including phenoxy) is 1. The molecule has 2 rings (SSSR count). The fraction of sp³-hybridized carbons (Fsp3) is 0.636. The van der Waals surface area contributed by atoms with Crippen LogP contribution in [-0.2, 0) is 0 Å². The van der Waals surface area contributed by atoms with Gasteiger partial charge in [-0.3, -0.25) is 4.68 Å². The maximum Gasteiger partial charge on any atom is 0.413 e. The van der Waals surface area contributed by atoms with Gasteiger partial charge in [-0.1, -0.05) is 0 Å². The van der Waals surface area contributed by atoms with Gasteiger partial charge in [-0.15, -0.1) is 0 Å². The average molecular weight is 223 g/mol. The minimum absolute atomic E-state index is 0.288. The molecule has 5 heteroatoms. The van der Waals surface area contributed by atoms with Crippen molar-refractivity contribution in [2.45, 2.75) is 45.2 Å².